The maximum atomic E-state index is 10.1. The van der Waals surface area contributed by atoms with Gasteiger partial charge in [-0.2, -0.15) is 0 Å². The van der Waals surface area contributed by atoms with Crippen LogP contribution in [0.2, 0.25) is 0 Å². The number of phenols is 2. The van der Waals surface area contributed by atoms with Gasteiger partial charge in [0.2, 0.25) is 0 Å². The second kappa shape index (κ2) is 9.50. The van der Waals surface area contributed by atoms with Crippen LogP contribution in [0, 0.1) is 10.8 Å². The van der Waals surface area contributed by atoms with E-state index in [9.17, 15) is 10.2 Å². The minimum atomic E-state index is 0.0398. The van der Waals surface area contributed by atoms with E-state index in [-0.39, 0.29) is 11.5 Å². The molecule has 2 heteroatoms. The molecule has 0 spiro atoms. The van der Waals surface area contributed by atoms with Gasteiger partial charge in [-0.1, -0.05) is 66.9 Å². The summed E-state index contributed by atoms with van der Waals surface area (Å²) in [6.07, 6.45) is 10.1. The van der Waals surface area contributed by atoms with Crippen LogP contribution in [0.5, 0.6) is 11.5 Å². The summed E-state index contributed by atoms with van der Waals surface area (Å²) >= 11 is 0. The molecular formula is C23H40O2. The molecule has 2 nitrogen and oxygen atoms in total. The first kappa shape index (κ1) is 21.9. The van der Waals surface area contributed by atoms with Crippen molar-refractivity contribution in [2.24, 2.45) is 10.8 Å². The number of hydrogen-bond donors (Lipinski definition) is 2. The zero-order valence-electron chi connectivity index (χ0n) is 17.4. The monoisotopic (exact) mass is 348 g/mol. The van der Waals surface area contributed by atoms with E-state index in [0.29, 0.717) is 10.8 Å². The summed E-state index contributed by atoms with van der Waals surface area (Å²) in [5.41, 5.74) is 2.83. The number of aryl methyl sites for hydroxylation is 2. The molecule has 0 unspecified atom stereocenters. The highest BCUT2D eigenvalue weighted by Gasteiger charge is 2.12. The Balaban J connectivity index is 2.49. The Hall–Kier alpha value is -1.18. The van der Waals surface area contributed by atoms with Crippen molar-refractivity contribution in [3.63, 3.8) is 0 Å². The van der Waals surface area contributed by atoms with E-state index < -0.39 is 0 Å². The van der Waals surface area contributed by atoms with Crippen molar-refractivity contribution in [3.8, 4) is 11.5 Å². The molecule has 0 saturated heterocycles. The molecule has 0 amide bonds. The number of phenolic OH excluding ortho intramolecular Hbond substituents is 2. The van der Waals surface area contributed by atoms with Gasteiger partial charge in [0.15, 0.2) is 11.5 Å². The fourth-order valence-electron chi connectivity index (χ4n) is 3.21. The molecule has 1 rings (SSSR count). The molecule has 144 valence electrons. The van der Waals surface area contributed by atoms with E-state index in [1.165, 1.54) is 32.1 Å². The maximum absolute atomic E-state index is 10.1. The minimum Gasteiger partial charge on any atom is -0.504 e. The summed E-state index contributed by atoms with van der Waals surface area (Å²) in [7, 11) is 0. The SMILES string of the molecule is CC(C)(C)CCCCCc1cc(CCCCC(C)(C)C)cc(O)c1O. The van der Waals surface area contributed by atoms with Crippen LogP contribution in [0.25, 0.3) is 0 Å². The highest BCUT2D eigenvalue weighted by Crippen LogP contribution is 2.33. The second-order valence-electron chi connectivity index (χ2n) is 10.0. The minimum absolute atomic E-state index is 0.0398. The summed E-state index contributed by atoms with van der Waals surface area (Å²) in [6, 6.07) is 3.82. The standard InChI is InChI=1S/C23H40O2/c1-22(2,3)14-10-7-8-13-19-16-18(17-20(24)21(19)25)12-9-11-15-23(4,5)6/h16-17,24-25H,7-15H2,1-6H3. The van der Waals surface area contributed by atoms with Gasteiger partial charge in [0.1, 0.15) is 0 Å². The Morgan fingerprint density at radius 3 is 1.76 bits per heavy atom. The van der Waals surface area contributed by atoms with Gasteiger partial charge in [-0.3, -0.25) is 0 Å². The van der Waals surface area contributed by atoms with Gasteiger partial charge in [-0.25, -0.2) is 0 Å². The van der Waals surface area contributed by atoms with Crippen LogP contribution >= 0.6 is 0 Å². The summed E-state index contributed by atoms with van der Waals surface area (Å²) in [4.78, 5) is 0. The molecule has 0 heterocycles. The number of hydrogen-bond acceptors (Lipinski definition) is 2. The topological polar surface area (TPSA) is 40.5 Å². The molecule has 0 aliphatic carbocycles. The van der Waals surface area contributed by atoms with Gasteiger partial charge in [-0.05, 0) is 66.5 Å². The highest BCUT2D eigenvalue weighted by atomic mass is 16.3. The normalized spacial score (nSPS) is 12.6. The first-order chi connectivity index (χ1) is 11.5. The molecule has 1 aromatic rings. The van der Waals surface area contributed by atoms with Crippen LogP contribution in [-0.2, 0) is 12.8 Å². The predicted molar refractivity (Wildman–Crippen MR) is 108 cm³/mol. The van der Waals surface area contributed by atoms with Gasteiger partial charge < -0.3 is 10.2 Å². The molecule has 0 fully saturated rings. The van der Waals surface area contributed by atoms with Crippen molar-refractivity contribution >= 4 is 0 Å². The largest absolute Gasteiger partial charge is 0.504 e. The zero-order valence-corrected chi connectivity index (χ0v) is 17.4. The molecule has 0 atom stereocenters. The van der Waals surface area contributed by atoms with Gasteiger partial charge in [-0.15, -0.1) is 0 Å². The Kier molecular flexibility index (Phi) is 8.31. The smallest absolute Gasteiger partial charge is 0.160 e. The lowest BCUT2D eigenvalue weighted by Crippen LogP contribution is -2.04. The fourth-order valence-corrected chi connectivity index (χ4v) is 3.21. The first-order valence-corrected chi connectivity index (χ1v) is 10.0. The quantitative estimate of drug-likeness (QED) is 0.372. The second-order valence-corrected chi connectivity index (χ2v) is 10.0. The van der Waals surface area contributed by atoms with Crippen molar-refractivity contribution in [2.75, 3.05) is 0 Å². The van der Waals surface area contributed by atoms with Crippen LogP contribution in [0.1, 0.15) is 97.6 Å². The zero-order chi connectivity index (χ0) is 19.1. The van der Waals surface area contributed by atoms with Crippen LogP contribution < -0.4 is 0 Å². The van der Waals surface area contributed by atoms with E-state index in [1.807, 2.05) is 0 Å². The number of unbranched alkanes of at least 4 members (excludes halogenated alkanes) is 3. The lowest BCUT2D eigenvalue weighted by Gasteiger charge is -2.18. The van der Waals surface area contributed by atoms with Crippen LogP contribution in [0.15, 0.2) is 12.1 Å². The van der Waals surface area contributed by atoms with E-state index >= 15 is 0 Å². The lowest BCUT2D eigenvalue weighted by atomic mass is 9.88. The van der Waals surface area contributed by atoms with E-state index in [0.717, 1.165) is 36.8 Å². The molecule has 0 aromatic heterocycles. The average Bonchev–Trinajstić information content (AvgIpc) is 2.45. The first-order valence-electron chi connectivity index (χ1n) is 10.0. The maximum Gasteiger partial charge on any atom is 0.160 e. The third-order valence-electron chi connectivity index (χ3n) is 4.74. The van der Waals surface area contributed by atoms with Gasteiger partial charge in [0.05, 0.1) is 0 Å². The summed E-state index contributed by atoms with van der Waals surface area (Å²) in [5, 5.41) is 20.2. The van der Waals surface area contributed by atoms with Crippen molar-refractivity contribution < 1.29 is 10.2 Å². The molecule has 0 bridgehead atoms. The molecular weight excluding hydrogens is 308 g/mol. The number of aromatic hydroxyl groups is 2. The summed E-state index contributed by atoms with van der Waals surface area (Å²) < 4.78 is 0. The Bertz CT molecular complexity index is 518. The fraction of sp³-hybridized carbons (Fsp3) is 0.739. The Labute approximate surface area is 155 Å². The van der Waals surface area contributed by atoms with Crippen molar-refractivity contribution in [1.82, 2.24) is 0 Å². The molecule has 0 saturated carbocycles. The molecule has 0 aliphatic rings. The average molecular weight is 349 g/mol. The van der Waals surface area contributed by atoms with Crippen molar-refractivity contribution in [1.29, 1.82) is 0 Å². The summed E-state index contributed by atoms with van der Waals surface area (Å²) in [5.74, 6) is 0.118. The van der Waals surface area contributed by atoms with E-state index in [2.05, 4.69) is 47.6 Å². The Morgan fingerprint density at radius 1 is 0.680 bits per heavy atom. The molecule has 0 aliphatic heterocycles. The van der Waals surface area contributed by atoms with Crippen LogP contribution in [0.3, 0.4) is 0 Å². The highest BCUT2D eigenvalue weighted by molar-refractivity contribution is 5.47. The molecule has 0 radical (unpaired) electrons. The van der Waals surface area contributed by atoms with Crippen LogP contribution in [-0.4, -0.2) is 10.2 Å². The third-order valence-corrected chi connectivity index (χ3v) is 4.74. The van der Waals surface area contributed by atoms with Gasteiger partial charge in [0, 0.05) is 0 Å². The molecule has 25 heavy (non-hydrogen) atoms. The number of benzene rings is 1. The Morgan fingerprint density at radius 2 is 1.20 bits per heavy atom. The van der Waals surface area contributed by atoms with Crippen molar-refractivity contribution in [2.45, 2.75) is 99.3 Å². The molecule has 1 aromatic carbocycles. The summed E-state index contributed by atoms with van der Waals surface area (Å²) in [6.45, 7) is 13.7. The molecule has 2 N–H and O–H groups in total. The van der Waals surface area contributed by atoms with Crippen LogP contribution in [0.4, 0.5) is 0 Å². The van der Waals surface area contributed by atoms with Gasteiger partial charge >= 0.3 is 0 Å². The van der Waals surface area contributed by atoms with E-state index in [1.54, 1.807) is 6.07 Å². The van der Waals surface area contributed by atoms with Crippen molar-refractivity contribution in [3.05, 3.63) is 23.3 Å². The predicted octanol–water partition coefficient (Wildman–Crippen LogP) is 7.01. The third kappa shape index (κ3) is 9.77. The van der Waals surface area contributed by atoms with E-state index in [4.69, 9.17) is 0 Å². The lowest BCUT2D eigenvalue weighted by molar-refractivity contribution is 0.357. The number of rotatable bonds is 9. The van der Waals surface area contributed by atoms with Gasteiger partial charge in [0.25, 0.3) is 0 Å².